The number of nitroso groups, excluding NO2 is 1. The van der Waals surface area contributed by atoms with E-state index in [0.717, 1.165) is 19.3 Å². The van der Waals surface area contributed by atoms with Crippen molar-refractivity contribution < 1.29 is 4.79 Å². The van der Waals surface area contributed by atoms with E-state index in [4.69, 9.17) is 0 Å². The molecule has 0 spiro atoms. The predicted molar refractivity (Wildman–Crippen MR) is 62.4 cm³/mol. The van der Waals surface area contributed by atoms with E-state index in [9.17, 15) is 9.70 Å². The summed E-state index contributed by atoms with van der Waals surface area (Å²) in [6, 6.07) is 9.00. The van der Waals surface area contributed by atoms with E-state index < -0.39 is 5.54 Å². The molecule has 0 N–H and O–H groups in total. The van der Waals surface area contributed by atoms with Gasteiger partial charge in [-0.1, -0.05) is 54.8 Å². The summed E-state index contributed by atoms with van der Waals surface area (Å²) in [5.74, 6) is -0.109. The van der Waals surface area contributed by atoms with Gasteiger partial charge < -0.3 is 0 Å². The normalized spacial score (nSPS) is 19.0. The van der Waals surface area contributed by atoms with Crippen LogP contribution in [0.25, 0.3) is 0 Å². The molecular weight excluding hydrogens is 202 g/mol. The van der Waals surface area contributed by atoms with Gasteiger partial charge >= 0.3 is 0 Å². The van der Waals surface area contributed by atoms with Gasteiger partial charge in [-0.05, 0) is 12.8 Å². The summed E-state index contributed by atoms with van der Waals surface area (Å²) < 4.78 is 0. The Hall–Kier alpha value is -1.51. The van der Waals surface area contributed by atoms with Crippen LogP contribution in [0.15, 0.2) is 35.5 Å². The summed E-state index contributed by atoms with van der Waals surface area (Å²) in [7, 11) is 0. The Morgan fingerprint density at radius 3 is 2.25 bits per heavy atom. The number of ketones is 1. The lowest BCUT2D eigenvalue weighted by Crippen LogP contribution is -2.38. The standard InChI is InChI=1S/C13H15NO2/c15-12(11-7-3-1-4-8-11)13(14-16)9-5-2-6-10-13/h1,3-4,7-8H,2,5-6,9-10H2. The Balaban J connectivity index is 2.28. The lowest BCUT2D eigenvalue weighted by molar-refractivity contribution is 0.0849. The van der Waals surface area contributed by atoms with E-state index in [1.54, 1.807) is 12.1 Å². The molecule has 84 valence electrons. The van der Waals surface area contributed by atoms with E-state index in [1.165, 1.54) is 0 Å². The van der Waals surface area contributed by atoms with Crippen LogP contribution in [0.1, 0.15) is 42.5 Å². The molecule has 0 bridgehead atoms. The van der Waals surface area contributed by atoms with Crippen LogP contribution in [0.2, 0.25) is 0 Å². The van der Waals surface area contributed by atoms with E-state index in [2.05, 4.69) is 5.18 Å². The van der Waals surface area contributed by atoms with Gasteiger partial charge in [0, 0.05) is 5.56 Å². The first-order valence-electron chi connectivity index (χ1n) is 5.73. The average molecular weight is 217 g/mol. The maximum atomic E-state index is 12.3. The van der Waals surface area contributed by atoms with Gasteiger partial charge in [0.25, 0.3) is 0 Å². The molecule has 3 nitrogen and oxygen atoms in total. The molecule has 3 heteroatoms. The van der Waals surface area contributed by atoms with Crippen LogP contribution in [0.4, 0.5) is 0 Å². The molecule has 1 aliphatic rings. The highest BCUT2D eigenvalue weighted by Gasteiger charge is 2.41. The Bertz CT molecular complexity index is 380. The fourth-order valence-electron chi connectivity index (χ4n) is 2.35. The Morgan fingerprint density at radius 2 is 1.69 bits per heavy atom. The van der Waals surface area contributed by atoms with E-state index in [0.29, 0.717) is 18.4 Å². The molecule has 0 unspecified atom stereocenters. The van der Waals surface area contributed by atoms with Crippen LogP contribution in [-0.2, 0) is 0 Å². The number of hydrogen-bond donors (Lipinski definition) is 0. The van der Waals surface area contributed by atoms with Gasteiger partial charge in [-0.25, -0.2) is 0 Å². The zero-order valence-corrected chi connectivity index (χ0v) is 9.19. The Labute approximate surface area is 94.8 Å². The SMILES string of the molecule is O=NC1(C(=O)c2ccccc2)CCCCC1. The third-order valence-electron chi connectivity index (χ3n) is 3.31. The number of benzene rings is 1. The number of hydrogen-bond acceptors (Lipinski definition) is 3. The second kappa shape index (κ2) is 4.56. The van der Waals surface area contributed by atoms with Crippen LogP contribution in [0.3, 0.4) is 0 Å². The Morgan fingerprint density at radius 1 is 1.06 bits per heavy atom. The molecule has 1 fully saturated rings. The average Bonchev–Trinajstić information content (AvgIpc) is 2.39. The smallest absolute Gasteiger partial charge is 0.193 e. The first kappa shape index (κ1) is 11.0. The van der Waals surface area contributed by atoms with Crippen molar-refractivity contribution >= 4 is 5.78 Å². The molecule has 0 aliphatic heterocycles. The summed E-state index contributed by atoms with van der Waals surface area (Å²) in [4.78, 5) is 23.3. The zero-order chi connectivity index (χ0) is 11.4. The number of Topliss-reactive ketones (excluding diaryl/α,β-unsaturated/α-hetero) is 1. The van der Waals surface area contributed by atoms with Crippen molar-refractivity contribution in [2.75, 3.05) is 0 Å². The molecule has 0 amide bonds. The second-order valence-corrected chi connectivity index (χ2v) is 4.38. The van der Waals surface area contributed by atoms with E-state index in [-0.39, 0.29) is 5.78 Å². The lowest BCUT2D eigenvalue weighted by atomic mass is 9.77. The molecule has 0 heterocycles. The summed E-state index contributed by atoms with van der Waals surface area (Å²) in [5, 5.41) is 3.16. The minimum Gasteiger partial charge on any atom is -0.291 e. The summed E-state index contributed by atoms with van der Waals surface area (Å²) >= 11 is 0. The maximum absolute atomic E-state index is 12.3. The van der Waals surface area contributed by atoms with Crippen molar-refractivity contribution in [3.8, 4) is 0 Å². The number of carbonyl (C=O) groups excluding carboxylic acids is 1. The van der Waals surface area contributed by atoms with E-state index >= 15 is 0 Å². The van der Waals surface area contributed by atoms with Gasteiger partial charge in [0.2, 0.25) is 0 Å². The molecule has 1 aromatic rings. The van der Waals surface area contributed by atoms with Crippen LogP contribution in [0, 0.1) is 4.91 Å². The van der Waals surface area contributed by atoms with Crippen LogP contribution in [-0.4, -0.2) is 11.3 Å². The summed E-state index contributed by atoms with van der Waals surface area (Å²) in [5.41, 5.74) is -0.386. The lowest BCUT2D eigenvalue weighted by Gasteiger charge is -2.28. The van der Waals surface area contributed by atoms with Crippen molar-refractivity contribution in [2.24, 2.45) is 5.18 Å². The first-order valence-corrected chi connectivity index (χ1v) is 5.73. The quantitative estimate of drug-likeness (QED) is 0.575. The van der Waals surface area contributed by atoms with Gasteiger partial charge in [0.15, 0.2) is 11.3 Å². The molecule has 0 saturated heterocycles. The highest BCUT2D eigenvalue weighted by molar-refractivity contribution is 6.03. The molecule has 0 radical (unpaired) electrons. The monoisotopic (exact) mass is 217 g/mol. The minimum absolute atomic E-state index is 0.109. The van der Waals surface area contributed by atoms with Crippen LogP contribution < -0.4 is 0 Å². The molecule has 1 aliphatic carbocycles. The third-order valence-corrected chi connectivity index (χ3v) is 3.31. The van der Waals surface area contributed by atoms with E-state index in [1.807, 2.05) is 18.2 Å². The second-order valence-electron chi connectivity index (χ2n) is 4.38. The number of nitrogens with zero attached hydrogens (tertiary/aromatic N) is 1. The van der Waals surface area contributed by atoms with Crippen LogP contribution >= 0.6 is 0 Å². The largest absolute Gasteiger partial charge is 0.291 e. The van der Waals surface area contributed by atoms with Gasteiger partial charge in [0.1, 0.15) is 0 Å². The number of carbonyl (C=O) groups is 1. The van der Waals surface area contributed by atoms with Gasteiger partial charge in [-0.15, -0.1) is 4.91 Å². The molecule has 1 aromatic carbocycles. The summed E-state index contributed by atoms with van der Waals surface area (Å²) in [6.07, 6.45) is 4.14. The van der Waals surface area contributed by atoms with Crippen molar-refractivity contribution in [3.63, 3.8) is 0 Å². The van der Waals surface area contributed by atoms with Crippen molar-refractivity contribution in [3.05, 3.63) is 40.8 Å². The molecule has 0 atom stereocenters. The first-order chi connectivity index (χ1) is 7.78. The molecule has 16 heavy (non-hydrogen) atoms. The zero-order valence-electron chi connectivity index (χ0n) is 9.19. The minimum atomic E-state index is -0.987. The molecule has 0 aromatic heterocycles. The van der Waals surface area contributed by atoms with Gasteiger partial charge in [-0.3, -0.25) is 4.79 Å². The van der Waals surface area contributed by atoms with Gasteiger partial charge in [-0.2, -0.15) is 0 Å². The summed E-state index contributed by atoms with van der Waals surface area (Å²) in [6.45, 7) is 0. The van der Waals surface area contributed by atoms with Crippen molar-refractivity contribution in [2.45, 2.75) is 37.6 Å². The third kappa shape index (κ3) is 1.90. The highest BCUT2D eigenvalue weighted by atomic mass is 16.3. The van der Waals surface area contributed by atoms with Crippen molar-refractivity contribution in [1.82, 2.24) is 0 Å². The fourth-order valence-corrected chi connectivity index (χ4v) is 2.35. The van der Waals surface area contributed by atoms with Crippen LogP contribution in [0.5, 0.6) is 0 Å². The molecule has 2 rings (SSSR count). The maximum Gasteiger partial charge on any atom is 0.193 e. The van der Waals surface area contributed by atoms with Gasteiger partial charge in [0.05, 0.1) is 0 Å². The Kier molecular flexibility index (Phi) is 3.13. The van der Waals surface area contributed by atoms with Crippen molar-refractivity contribution in [1.29, 1.82) is 0 Å². The predicted octanol–water partition coefficient (Wildman–Crippen LogP) is 3.34. The highest BCUT2D eigenvalue weighted by Crippen LogP contribution is 2.34. The topological polar surface area (TPSA) is 46.5 Å². The number of rotatable bonds is 3. The molecular formula is C13H15NO2. The molecule has 1 saturated carbocycles. The fraction of sp³-hybridized carbons (Fsp3) is 0.462.